The van der Waals surface area contributed by atoms with Crippen molar-refractivity contribution in [1.29, 1.82) is 0 Å². The van der Waals surface area contributed by atoms with E-state index >= 15 is 0 Å². The molecule has 1 saturated heterocycles. The van der Waals surface area contributed by atoms with Crippen LogP contribution in [0.15, 0.2) is 33.2 Å². The maximum absolute atomic E-state index is 5.96. The predicted molar refractivity (Wildman–Crippen MR) is 88.5 cm³/mol. The molecule has 3 rings (SSSR count). The fourth-order valence-corrected chi connectivity index (χ4v) is 3.44. The first-order valence-electron chi connectivity index (χ1n) is 7.52. The molecule has 2 atom stereocenters. The van der Waals surface area contributed by atoms with Crippen molar-refractivity contribution in [2.75, 3.05) is 6.61 Å². The Morgan fingerprint density at radius 3 is 2.90 bits per heavy atom. The largest absolute Gasteiger partial charge is 0.459 e. The maximum atomic E-state index is 5.96. The number of benzene rings is 1. The number of furan rings is 1. The van der Waals surface area contributed by atoms with Gasteiger partial charge >= 0.3 is 0 Å². The van der Waals surface area contributed by atoms with Gasteiger partial charge in [0.1, 0.15) is 11.3 Å². The standard InChI is InChI=1S/C17H22BrNO2/c1-11(19-14-6-7-20-17(2,3)10-14)16-9-12-8-13(18)4-5-15(12)21-16/h4-5,8-9,11,14,19H,6-7,10H2,1-3H3. The highest BCUT2D eigenvalue weighted by molar-refractivity contribution is 9.10. The van der Waals surface area contributed by atoms with Gasteiger partial charge in [-0.2, -0.15) is 0 Å². The molecule has 0 radical (unpaired) electrons. The minimum Gasteiger partial charge on any atom is -0.459 e. The molecule has 114 valence electrons. The molecular weight excluding hydrogens is 330 g/mol. The average molecular weight is 352 g/mol. The highest BCUT2D eigenvalue weighted by atomic mass is 79.9. The summed E-state index contributed by atoms with van der Waals surface area (Å²) in [4.78, 5) is 0. The molecule has 2 heterocycles. The predicted octanol–water partition coefficient (Wildman–Crippen LogP) is 4.80. The lowest BCUT2D eigenvalue weighted by atomic mass is 9.93. The summed E-state index contributed by atoms with van der Waals surface area (Å²) < 4.78 is 12.8. The van der Waals surface area contributed by atoms with Gasteiger partial charge in [-0.05, 0) is 57.9 Å². The molecule has 21 heavy (non-hydrogen) atoms. The number of nitrogens with one attached hydrogen (secondary N) is 1. The highest BCUT2D eigenvalue weighted by Gasteiger charge is 2.29. The van der Waals surface area contributed by atoms with Gasteiger partial charge in [-0.15, -0.1) is 0 Å². The molecule has 0 aliphatic carbocycles. The van der Waals surface area contributed by atoms with Crippen LogP contribution in [0.5, 0.6) is 0 Å². The second-order valence-electron chi connectivity index (χ2n) is 6.52. The van der Waals surface area contributed by atoms with Gasteiger partial charge < -0.3 is 14.5 Å². The van der Waals surface area contributed by atoms with E-state index in [2.05, 4.69) is 54.2 Å². The second-order valence-corrected chi connectivity index (χ2v) is 7.43. The summed E-state index contributed by atoms with van der Waals surface area (Å²) in [6.45, 7) is 7.30. The Bertz CT molecular complexity index is 635. The third-order valence-corrected chi connectivity index (χ3v) is 4.60. The molecule has 0 amide bonds. The average Bonchev–Trinajstić information content (AvgIpc) is 2.80. The molecule has 0 bridgehead atoms. The molecule has 3 nitrogen and oxygen atoms in total. The Morgan fingerprint density at radius 1 is 1.33 bits per heavy atom. The van der Waals surface area contributed by atoms with E-state index in [0.29, 0.717) is 6.04 Å². The van der Waals surface area contributed by atoms with E-state index in [1.165, 1.54) is 0 Å². The molecular formula is C17H22BrNO2. The van der Waals surface area contributed by atoms with E-state index in [-0.39, 0.29) is 11.6 Å². The van der Waals surface area contributed by atoms with E-state index in [0.717, 1.165) is 40.7 Å². The minimum absolute atomic E-state index is 0.0334. The summed E-state index contributed by atoms with van der Waals surface area (Å²) in [5.74, 6) is 0.993. The van der Waals surface area contributed by atoms with Crippen LogP contribution in [-0.4, -0.2) is 18.2 Å². The summed E-state index contributed by atoms with van der Waals surface area (Å²) in [6.07, 6.45) is 2.09. The Morgan fingerprint density at radius 2 is 2.14 bits per heavy atom. The van der Waals surface area contributed by atoms with Crippen molar-refractivity contribution in [3.05, 3.63) is 34.5 Å². The van der Waals surface area contributed by atoms with Gasteiger partial charge in [0.15, 0.2) is 0 Å². The zero-order chi connectivity index (χ0) is 15.0. The third-order valence-electron chi connectivity index (χ3n) is 4.11. The van der Waals surface area contributed by atoms with Gasteiger partial charge in [0.2, 0.25) is 0 Å². The van der Waals surface area contributed by atoms with Gasteiger partial charge in [0.25, 0.3) is 0 Å². The third kappa shape index (κ3) is 3.50. The van der Waals surface area contributed by atoms with Crippen molar-refractivity contribution < 1.29 is 9.15 Å². The van der Waals surface area contributed by atoms with Crippen LogP contribution in [0.2, 0.25) is 0 Å². The fourth-order valence-electron chi connectivity index (χ4n) is 3.06. The first kappa shape index (κ1) is 15.1. The van der Waals surface area contributed by atoms with Crippen LogP contribution in [-0.2, 0) is 4.74 Å². The van der Waals surface area contributed by atoms with Crippen molar-refractivity contribution in [2.24, 2.45) is 0 Å². The van der Waals surface area contributed by atoms with E-state index in [4.69, 9.17) is 9.15 Å². The van der Waals surface area contributed by atoms with Gasteiger partial charge in [-0.1, -0.05) is 15.9 Å². The molecule has 1 aromatic carbocycles. The van der Waals surface area contributed by atoms with E-state index in [9.17, 15) is 0 Å². The van der Waals surface area contributed by atoms with Gasteiger partial charge in [0, 0.05) is 22.5 Å². The first-order valence-corrected chi connectivity index (χ1v) is 8.31. The molecule has 0 spiro atoms. The van der Waals surface area contributed by atoms with Crippen LogP contribution in [0.25, 0.3) is 11.0 Å². The zero-order valence-corrected chi connectivity index (χ0v) is 14.4. The summed E-state index contributed by atoms with van der Waals surface area (Å²) in [5, 5.41) is 4.82. The Kier molecular flexibility index (Phi) is 4.12. The lowest BCUT2D eigenvalue weighted by Gasteiger charge is -2.36. The Labute approximate surface area is 134 Å². The highest BCUT2D eigenvalue weighted by Crippen LogP contribution is 2.29. The summed E-state index contributed by atoms with van der Waals surface area (Å²) in [5.41, 5.74) is 0.906. The normalized spacial score (nSPS) is 23.3. The molecule has 1 N–H and O–H groups in total. The number of ether oxygens (including phenoxy) is 1. The summed E-state index contributed by atoms with van der Waals surface area (Å²) in [7, 11) is 0. The molecule has 0 saturated carbocycles. The van der Waals surface area contributed by atoms with Crippen LogP contribution in [0.3, 0.4) is 0 Å². The van der Waals surface area contributed by atoms with Crippen LogP contribution in [0.4, 0.5) is 0 Å². The maximum Gasteiger partial charge on any atom is 0.134 e. The molecule has 4 heteroatoms. The Hall–Kier alpha value is -0.840. The van der Waals surface area contributed by atoms with Gasteiger partial charge in [0.05, 0.1) is 11.6 Å². The van der Waals surface area contributed by atoms with Crippen LogP contribution in [0, 0.1) is 0 Å². The monoisotopic (exact) mass is 351 g/mol. The molecule has 2 aromatic rings. The van der Waals surface area contributed by atoms with Crippen LogP contribution >= 0.6 is 15.9 Å². The minimum atomic E-state index is -0.0334. The van der Waals surface area contributed by atoms with Crippen molar-refractivity contribution in [2.45, 2.75) is 51.3 Å². The summed E-state index contributed by atoms with van der Waals surface area (Å²) in [6, 6.07) is 8.91. The number of hydrogen-bond donors (Lipinski definition) is 1. The van der Waals surface area contributed by atoms with Gasteiger partial charge in [-0.25, -0.2) is 0 Å². The van der Waals surface area contributed by atoms with Gasteiger partial charge in [-0.3, -0.25) is 0 Å². The molecule has 1 fully saturated rings. The smallest absolute Gasteiger partial charge is 0.134 e. The molecule has 1 aliphatic rings. The fraction of sp³-hybridized carbons (Fsp3) is 0.529. The zero-order valence-electron chi connectivity index (χ0n) is 12.8. The number of rotatable bonds is 3. The topological polar surface area (TPSA) is 34.4 Å². The van der Waals surface area contributed by atoms with Crippen molar-refractivity contribution in [3.8, 4) is 0 Å². The van der Waals surface area contributed by atoms with Crippen LogP contribution < -0.4 is 5.32 Å². The second kappa shape index (κ2) is 5.75. The van der Waals surface area contributed by atoms with Crippen molar-refractivity contribution in [1.82, 2.24) is 5.32 Å². The number of fused-ring (bicyclic) bond motifs is 1. The summed E-state index contributed by atoms with van der Waals surface area (Å²) >= 11 is 3.50. The number of hydrogen-bond acceptors (Lipinski definition) is 3. The molecule has 1 aliphatic heterocycles. The lowest BCUT2D eigenvalue weighted by molar-refractivity contribution is -0.0642. The Balaban J connectivity index is 1.73. The quantitative estimate of drug-likeness (QED) is 0.861. The SMILES string of the molecule is CC(NC1CCOC(C)(C)C1)c1cc2cc(Br)ccc2o1. The first-order chi connectivity index (χ1) is 9.93. The van der Waals surface area contributed by atoms with E-state index < -0.39 is 0 Å². The van der Waals surface area contributed by atoms with E-state index in [1.54, 1.807) is 0 Å². The van der Waals surface area contributed by atoms with Crippen molar-refractivity contribution >= 4 is 26.9 Å². The lowest BCUT2D eigenvalue weighted by Crippen LogP contribution is -2.44. The number of halogens is 1. The van der Waals surface area contributed by atoms with E-state index in [1.807, 2.05) is 12.1 Å². The van der Waals surface area contributed by atoms with Crippen molar-refractivity contribution in [3.63, 3.8) is 0 Å². The van der Waals surface area contributed by atoms with Crippen LogP contribution in [0.1, 0.15) is 45.4 Å². The molecule has 2 unspecified atom stereocenters. The molecule has 1 aromatic heterocycles.